The molecule has 39 heavy (non-hydrogen) atoms. The Labute approximate surface area is 234 Å². The number of H-pyrrole nitrogens is 1. The zero-order valence-electron chi connectivity index (χ0n) is 21.8. The number of likely N-dealkylation sites (tertiary alicyclic amines) is 1. The molecule has 0 bridgehead atoms. The van der Waals surface area contributed by atoms with E-state index in [1.807, 2.05) is 13.1 Å². The van der Waals surface area contributed by atoms with Crippen molar-refractivity contribution in [1.82, 2.24) is 30.4 Å². The summed E-state index contributed by atoms with van der Waals surface area (Å²) >= 11 is 7.47. The fourth-order valence-corrected chi connectivity index (χ4v) is 6.13. The van der Waals surface area contributed by atoms with E-state index in [2.05, 4.69) is 25.5 Å². The van der Waals surface area contributed by atoms with Crippen LogP contribution in [0.4, 0.5) is 4.79 Å². The SMILES string of the molecule is COCCOC(=O)N1CC[C@H](NC(=O)c2cc3cc(Cl)ccc3[nH]2)[C@H](NC(=O)c2nc3c(s2)CN(C)CC3)C1. The molecule has 4 heterocycles. The highest BCUT2D eigenvalue weighted by Gasteiger charge is 2.35. The number of aromatic amines is 1. The van der Waals surface area contributed by atoms with Crippen molar-refractivity contribution in [2.45, 2.75) is 31.5 Å². The Morgan fingerprint density at radius 3 is 2.79 bits per heavy atom. The summed E-state index contributed by atoms with van der Waals surface area (Å²) in [6, 6.07) is 6.13. The number of nitrogens with one attached hydrogen (secondary N) is 3. The lowest BCUT2D eigenvalue weighted by Gasteiger charge is -2.38. The Bertz CT molecular complexity index is 1380. The van der Waals surface area contributed by atoms with E-state index < -0.39 is 18.2 Å². The number of fused-ring (bicyclic) bond motifs is 2. The number of aromatic nitrogens is 2. The Morgan fingerprint density at radius 1 is 1.15 bits per heavy atom. The lowest BCUT2D eigenvalue weighted by molar-refractivity contribution is 0.0564. The number of methoxy groups -OCH3 is 1. The summed E-state index contributed by atoms with van der Waals surface area (Å²) in [5, 5.41) is 7.86. The van der Waals surface area contributed by atoms with Gasteiger partial charge < -0.3 is 34.9 Å². The predicted molar refractivity (Wildman–Crippen MR) is 147 cm³/mol. The zero-order chi connectivity index (χ0) is 27.5. The molecule has 0 saturated carbocycles. The third kappa shape index (κ3) is 6.35. The molecule has 0 aliphatic carbocycles. The van der Waals surface area contributed by atoms with Crippen molar-refractivity contribution < 1.29 is 23.9 Å². The van der Waals surface area contributed by atoms with Gasteiger partial charge in [-0.1, -0.05) is 11.6 Å². The molecule has 0 radical (unpaired) electrons. The normalized spacial score (nSPS) is 19.5. The molecule has 1 fully saturated rings. The molecular weight excluding hydrogens is 544 g/mol. The maximum atomic E-state index is 13.3. The first-order chi connectivity index (χ1) is 18.8. The zero-order valence-corrected chi connectivity index (χ0v) is 23.4. The van der Waals surface area contributed by atoms with E-state index >= 15 is 0 Å². The van der Waals surface area contributed by atoms with Gasteiger partial charge in [0.15, 0.2) is 5.01 Å². The molecule has 1 aromatic carbocycles. The van der Waals surface area contributed by atoms with Crippen LogP contribution in [-0.4, -0.2) is 96.8 Å². The molecule has 3 amide bonds. The van der Waals surface area contributed by atoms with Crippen LogP contribution in [0.5, 0.6) is 0 Å². The molecule has 3 N–H and O–H groups in total. The molecular formula is C26H31ClN6O5S. The maximum absolute atomic E-state index is 13.3. The molecule has 13 heteroatoms. The van der Waals surface area contributed by atoms with Gasteiger partial charge in [0.05, 0.1) is 24.4 Å². The van der Waals surface area contributed by atoms with Crippen LogP contribution in [0.1, 0.15) is 37.3 Å². The average molecular weight is 575 g/mol. The lowest BCUT2D eigenvalue weighted by atomic mass is 9.99. The summed E-state index contributed by atoms with van der Waals surface area (Å²) in [5.74, 6) is -0.633. The van der Waals surface area contributed by atoms with E-state index in [1.54, 1.807) is 18.2 Å². The molecule has 2 atom stereocenters. The van der Waals surface area contributed by atoms with E-state index in [0.29, 0.717) is 28.7 Å². The number of carbonyl (C=O) groups is 3. The Kier molecular flexibility index (Phi) is 8.36. The van der Waals surface area contributed by atoms with Crippen LogP contribution in [0.15, 0.2) is 24.3 Å². The van der Waals surface area contributed by atoms with E-state index in [9.17, 15) is 14.4 Å². The van der Waals surface area contributed by atoms with Crippen molar-refractivity contribution in [2.24, 2.45) is 0 Å². The van der Waals surface area contributed by atoms with Crippen molar-refractivity contribution in [3.63, 3.8) is 0 Å². The molecule has 208 valence electrons. The van der Waals surface area contributed by atoms with E-state index in [-0.39, 0.29) is 31.6 Å². The third-order valence-corrected chi connectivity index (χ3v) is 8.28. The Balaban J connectivity index is 1.31. The third-order valence-electron chi connectivity index (χ3n) is 6.96. The van der Waals surface area contributed by atoms with Crippen LogP contribution in [0.3, 0.4) is 0 Å². The number of piperidine rings is 1. The Morgan fingerprint density at radius 2 is 1.97 bits per heavy atom. The molecule has 2 aliphatic rings. The summed E-state index contributed by atoms with van der Waals surface area (Å²) in [6.45, 7) is 2.63. The number of rotatable bonds is 7. The minimum Gasteiger partial charge on any atom is -0.447 e. The average Bonchev–Trinajstić information content (AvgIpc) is 3.53. The summed E-state index contributed by atoms with van der Waals surface area (Å²) in [6.07, 6.45) is 0.742. The first kappa shape index (κ1) is 27.4. The number of thiazole rings is 1. The Hall–Kier alpha value is -3.19. The number of nitrogens with zero attached hydrogens (tertiary/aromatic N) is 3. The predicted octanol–water partition coefficient (Wildman–Crippen LogP) is 2.65. The number of likely N-dealkylation sites (N-methyl/N-ethyl adjacent to an activating group) is 1. The van der Waals surface area contributed by atoms with Gasteiger partial charge in [0.1, 0.15) is 12.3 Å². The largest absolute Gasteiger partial charge is 0.447 e. The van der Waals surface area contributed by atoms with Crippen LogP contribution in [0, 0.1) is 0 Å². The molecule has 0 unspecified atom stereocenters. The van der Waals surface area contributed by atoms with E-state index in [1.165, 1.54) is 23.3 Å². The summed E-state index contributed by atoms with van der Waals surface area (Å²) in [5.41, 5.74) is 2.14. The van der Waals surface area contributed by atoms with Gasteiger partial charge in [-0.2, -0.15) is 0 Å². The van der Waals surface area contributed by atoms with Gasteiger partial charge in [0.2, 0.25) is 0 Å². The standard InChI is InChI=1S/C26H31ClN6O5S/c1-32-7-5-19-22(14-32)39-25(31-19)24(35)30-21-13-33(26(36)38-10-9-37-2)8-6-18(21)29-23(34)20-12-15-11-16(27)3-4-17(15)28-20/h3-4,11-12,18,21,28H,5-10,13-14H2,1-2H3,(H,29,34)(H,30,35)/t18-,21+/m0/s1. The second-order valence-corrected chi connectivity index (χ2v) is 11.3. The number of hydrogen-bond donors (Lipinski definition) is 3. The second-order valence-electron chi connectivity index (χ2n) is 9.79. The van der Waals surface area contributed by atoms with Crippen molar-refractivity contribution in [3.05, 3.63) is 50.6 Å². The summed E-state index contributed by atoms with van der Waals surface area (Å²) in [4.78, 5) is 51.6. The van der Waals surface area contributed by atoms with Gasteiger partial charge in [-0.05, 0) is 37.7 Å². The van der Waals surface area contributed by atoms with Gasteiger partial charge >= 0.3 is 6.09 Å². The minimum atomic E-state index is -0.549. The number of hydrogen-bond acceptors (Lipinski definition) is 8. The van der Waals surface area contributed by atoms with Crippen molar-refractivity contribution >= 4 is 51.7 Å². The number of carbonyl (C=O) groups excluding carboxylic acids is 3. The van der Waals surface area contributed by atoms with Crippen molar-refractivity contribution in [3.8, 4) is 0 Å². The number of amides is 3. The second kappa shape index (κ2) is 11.9. The van der Waals surface area contributed by atoms with E-state index in [0.717, 1.165) is 41.0 Å². The molecule has 2 aromatic heterocycles. The van der Waals surface area contributed by atoms with E-state index in [4.69, 9.17) is 21.1 Å². The minimum absolute atomic E-state index is 0.131. The summed E-state index contributed by atoms with van der Waals surface area (Å²) in [7, 11) is 3.57. The molecule has 5 rings (SSSR count). The van der Waals surface area contributed by atoms with Gasteiger partial charge in [-0.3, -0.25) is 9.59 Å². The number of halogens is 1. The highest BCUT2D eigenvalue weighted by molar-refractivity contribution is 7.13. The fraction of sp³-hybridized carbons (Fsp3) is 0.462. The van der Waals surface area contributed by atoms with Gasteiger partial charge in [0, 0.05) is 60.5 Å². The quantitative estimate of drug-likeness (QED) is 0.370. The van der Waals surface area contributed by atoms with Crippen LogP contribution < -0.4 is 10.6 Å². The van der Waals surface area contributed by atoms with Gasteiger partial charge in [-0.15, -0.1) is 11.3 Å². The van der Waals surface area contributed by atoms with Gasteiger partial charge in [0.25, 0.3) is 11.8 Å². The van der Waals surface area contributed by atoms with Crippen molar-refractivity contribution in [2.75, 3.05) is 47.0 Å². The molecule has 1 saturated heterocycles. The first-order valence-corrected chi connectivity index (χ1v) is 14.0. The number of benzene rings is 1. The van der Waals surface area contributed by atoms with Crippen LogP contribution in [0.2, 0.25) is 5.02 Å². The topological polar surface area (TPSA) is 129 Å². The molecule has 2 aliphatic heterocycles. The highest BCUT2D eigenvalue weighted by atomic mass is 35.5. The van der Waals surface area contributed by atoms with Crippen LogP contribution >= 0.6 is 22.9 Å². The van der Waals surface area contributed by atoms with Crippen molar-refractivity contribution in [1.29, 1.82) is 0 Å². The fourth-order valence-electron chi connectivity index (χ4n) is 4.86. The van der Waals surface area contributed by atoms with Crippen LogP contribution in [0.25, 0.3) is 10.9 Å². The first-order valence-electron chi connectivity index (χ1n) is 12.8. The van der Waals surface area contributed by atoms with Gasteiger partial charge in [-0.25, -0.2) is 9.78 Å². The molecule has 0 spiro atoms. The maximum Gasteiger partial charge on any atom is 0.409 e. The highest BCUT2D eigenvalue weighted by Crippen LogP contribution is 2.25. The smallest absolute Gasteiger partial charge is 0.409 e. The molecule has 11 nitrogen and oxygen atoms in total. The van der Waals surface area contributed by atoms with Crippen LogP contribution in [-0.2, 0) is 22.4 Å². The molecule has 3 aromatic rings. The number of ether oxygens (including phenoxy) is 2. The summed E-state index contributed by atoms with van der Waals surface area (Å²) < 4.78 is 10.2. The monoisotopic (exact) mass is 574 g/mol. The lowest BCUT2D eigenvalue weighted by Crippen LogP contribution is -2.61.